The number of nitrogens with zero attached hydrogens (tertiary/aromatic N) is 4. The fraction of sp³-hybridized carbons (Fsp3) is 0.400. The van der Waals surface area contributed by atoms with Gasteiger partial charge in [0.1, 0.15) is 0 Å². The van der Waals surface area contributed by atoms with E-state index in [4.69, 9.17) is 11.6 Å². The largest absolute Gasteiger partial charge is 0.396 e. The van der Waals surface area contributed by atoms with Crippen molar-refractivity contribution in [3.63, 3.8) is 0 Å². The molecule has 2 aromatic rings. The number of hydrogen-bond acceptors (Lipinski definition) is 4. The summed E-state index contributed by atoms with van der Waals surface area (Å²) in [5.41, 5.74) is 0. The first-order valence-corrected chi connectivity index (χ1v) is 7.88. The highest BCUT2D eigenvalue weighted by Gasteiger charge is 2.23. The van der Waals surface area contributed by atoms with Gasteiger partial charge in [-0.1, -0.05) is 11.6 Å². The fourth-order valence-electron chi connectivity index (χ4n) is 2.64. The second-order valence-electron chi connectivity index (χ2n) is 5.52. The number of aliphatic hydroxyl groups excluding tert-OH is 1. The Balaban J connectivity index is 1.67. The zero-order valence-corrected chi connectivity index (χ0v) is 13.3. The minimum Gasteiger partial charge on any atom is -0.396 e. The Kier molecular flexibility index (Phi) is 4.78. The van der Waals surface area contributed by atoms with E-state index in [9.17, 15) is 9.90 Å². The summed E-state index contributed by atoms with van der Waals surface area (Å²) >= 11 is 6.08. The van der Waals surface area contributed by atoms with E-state index < -0.39 is 0 Å². The summed E-state index contributed by atoms with van der Waals surface area (Å²) in [7, 11) is 0. The van der Waals surface area contributed by atoms with E-state index in [1.54, 1.807) is 35.5 Å². The molecule has 0 aliphatic carbocycles. The SMILES string of the molecule is O=C(Nc1ccn(-c2ncccc2Cl)n1)N1CCCC(CO)C1. The first-order valence-electron chi connectivity index (χ1n) is 7.50. The molecule has 0 bridgehead atoms. The Morgan fingerprint density at radius 3 is 3.13 bits per heavy atom. The van der Waals surface area contributed by atoms with Crippen LogP contribution in [0.2, 0.25) is 5.02 Å². The number of urea groups is 1. The molecule has 0 spiro atoms. The molecule has 1 aliphatic rings. The van der Waals surface area contributed by atoms with Crippen LogP contribution in [0.3, 0.4) is 0 Å². The van der Waals surface area contributed by atoms with Gasteiger partial charge in [0, 0.05) is 38.2 Å². The van der Waals surface area contributed by atoms with E-state index in [1.807, 2.05) is 0 Å². The van der Waals surface area contributed by atoms with E-state index in [0.29, 0.717) is 29.7 Å². The molecule has 0 radical (unpaired) electrons. The van der Waals surface area contributed by atoms with Gasteiger partial charge in [-0.3, -0.25) is 5.32 Å². The molecule has 1 atom stereocenters. The number of pyridine rings is 1. The molecule has 2 aromatic heterocycles. The summed E-state index contributed by atoms with van der Waals surface area (Å²) in [5.74, 6) is 1.09. The number of carbonyl (C=O) groups is 1. The van der Waals surface area contributed by atoms with Crippen LogP contribution in [0, 0.1) is 5.92 Å². The summed E-state index contributed by atoms with van der Waals surface area (Å²) in [4.78, 5) is 18.2. The predicted octanol–water partition coefficient (Wildman–Crippen LogP) is 2.16. The smallest absolute Gasteiger partial charge is 0.323 e. The van der Waals surface area contributed by atoms with Crippen molar-refractivity contribution in [1.82, 2.24) is 19.7 Å². The van der Waals surface area contributed by atoms with Gasteiger partial charge in [-0.25, -0.2) is 14.5 Å². The zero-order valence-electron chi connectivity index (χ0n) is 12.5. The first-order chi connectivity index (χ1) is 11.2. The van der Waals surface area contributed by atoms with Crippen molar-refractivity contribution < 1.29 is 9.90 Å². The van der Waals surface area contributed by atoms with Crippen LogP contribution in [0.5, 0.6) is 0 Å². The molecule has 7 nitrogen and oxygen atoms in total. The molecular weight excluding hydrogens is 318 g/mol. The van der Waals surface area contributed by atoms with Crippen LogP contribution in [0.1, 0.15) is 12.8 Å². The number of hydrogen-bond donors (Lipinski definition) is 2. The second-order valence-corrected chi connectivity index (χ2v) is 5.93. The molecule has 2 amide bonds. The van der Waals surface area contributed by atoms with Crippen LogP contribution in [-0.4, -0.2) is 50.5 Å². The fourth-order valence-corrected chi connectivity index (χ4v) is 2.85. The molecule has 1 unspecified atom stereocenters. The van der Waals surface area contributed by atoms with E-state index in [0.717, 1.165) is 12.8 Å². The van der Waals surface area contributed by atoms with Gasteiger partial charge in [-0.2, -0.15) is 0 Å². The van der Waals surface area contributed by atoms with E-state index in [-0.39, 0.29) is 18.6 Å². The van der Waals surface area contributed by atoms with Gasteiger partial charge in [0.15, 0.2) is 11.6 Å². The normalized spacial score (nSPS) is 18.0. The number of piperidine rings is 1. The Morgan fingerprint density at radius 2 is 2.35 bits per heavy atom. The number of carbonyl (C=O) groups excluding carboxylic acids is 1. The van der Waals surface area contributed by atoms with Gasteiger partial charge in [0.05, 0.1) is 5.02 Å². The van der Waals surface area contributed by atoms with Gasteiger partial charge < -0.3 is 10.0 Å². The average molecular weight is 336 g/mol. The van der Waals surface area contributed by atoms with Gasteiger partial charge in [0.2, 0.25) is 0 Å². The van der Waals surface area contributed by atoms with Crippen LogP contribution in [-0.2, 0) is 0 Å². The van der Waals surface area contributed by atoms with Gasteiger partial charge >= 0.3 is 6.03 Å². The van der Waals surface area contributed by atoms with Gasteiger partial charge in [-0.05, 0) is 30.9 Å². The van der Waals surface area contributed by atoms with Crippen molar-refractivity contribution in [1.29, 1.82) is 0 Å². The van der Waals surface area contributed by atoms with Crippen molar-refractivity contribution >= 4 is 23.4 Å². The van der Waals surface area contributed by atoms with Gasteiger partial charge in [-0.15, -0.1) is 5.10 Å². The van der Waals surface area contributed by atoms with Gasteiger partial charge in [0.25, 0.3) is 0 Å². The summed E-state index contributed by atoms with van der Waals surface area (Å²) in [5, 5.41) is 16.8. The number of aromatic nitrogens is 3. The third-order valence-electron chi connectivity index (χ3n) is 3.84. The monoisotopic (exact) mass is 335 g/mol. The number of rotatable bonds is 3. The van der Waals surface area contributed by atoms with Crippen molar-refractivity contribution in [2.24, 2.45) is 5.92 Å². The Bertz CT molecular complexity index is 690. The molecular formula is C15H18ClN5O2. The molecule has 3 heterocycles. The maximum atomic E-state index is 12.3. The van der Waals surface area contributed by atoms with Crippen LogP contribution in [0.25, 0.3) is 5.82 Å². The number of nitrogens with one attached hydrogen (secondary N) is 1. The Labute approximate surface area is 138 Å². The van der Waals surface area contributed by atoms with E-state index >= 15 is 0 Å². The highest BCUT2D eigenvalue weighted by molar-refractivity contribution is 6.32. The molecule has 2 N–H and O–H groups in total. The zero-order chi connectivity index (χ0) is 16.2. The number of aliphatic hydroxyl groups is 1. The maximum absolute atomic E-state index is 12.3. The lowest BCUT2D eigenvalue weighted by Crippen LogP contribution is -2.43. The van der Waals surface area contributed by atoms with Crippen molar-refractivity contribution in [2.45, 2.75) is 12.8 Å². The number of anilines is 1. The second kappa shape index (κ2) is 6.97. The summed E-state index contributed by atoms with van der Waals surface area (Å²) < 4.78 is 1.52. The molecule has 8 heteroatoms. The molecule has 23 heavy (non-hydrogen) atoms. The van der Waals surface area contributed by atoms with Crippen LogP contribution < -0.4 is 5.32 Å². The molecule has 122 valence electrons. The van der Waals surface area contributed by atoms with Crippen molar-refractivity contribution in [3.05, 3.63) is 35.6 Å². The van der Waals surface area contributed by atoms with E-state index in [1.165, 1.54) is 4.68 Å². The standard InChI is InChI=1S/C15H18ClN5O2/c16-12-4-1-6-17-14(12)21-8-5-13(19-21)18-15(23)20-7-2-3-11(9-20)10-22/h1,4-6,8,11,22H,2-3,7,9-10H2,(H,18,19,23). The first kappa shape index (κ1) is 15.8. The number of likely N-dealkylation sites (tertiary alicyclic amines) is 1. The topological polar surface area (TPSA) is 83.3 Å². The number of halogens is 1. The molecule has 0 aromatic carbocycles. The number of amides is 2. The lowest BCUT2D eigenvalue weighted by atomic mass is 9.99. The van der Waals surface area contributed by atoms with Crippen molar-refractivity contribution in [2.75, 3.05) is 25.0 Å². The van der Waals surface area contributed by atoms with Crippen LogP contribution >= 0.6 is 11.6 Å². The quantitative estimate of drug-likeness (QED) is 0.900. The third kappa shape index (κ3) is 3.62. The third-order valence-corrected chi connectivity index (χ3v) is 4.14. The summed E-state index contributed by atoms with van der Waals surface area (Å²) in [6.45, 7) is 1.36. The lowest BCUT2D eigenvalue weighted by Gasteiger charge is -2.31. The predicted molar refractivity (Wildman–Crippen MR) is 86.8 cm³/mol. The summed E-state index contributed by atoms with van der Waals surface area (Å²) in [6, 6.07) is 4.95. The molecule has 1 fully saturated rings. The molecule has 0 saturated carbocycles. The molecule has 1 saturated heterocycles. The lowest BCUT2D eigenvalue weighted by molar-refractivity contribution is 0.136. The Morgan fingerprint density at radius 1 is 1.48 bits per heavy atom. The Hall–Kier alpha value is -2.12. The minimum absolute atomic E-state index is 0.108. The molecule has 3 rings (SSSR count). The van der Waals surface area contributed by atoms with Crippen LogP contribution in [0.15, 0.2) is 30.6 Å². The highest BCUT2D eigenvalue weighted by atomic mass is 35.5. The average Bonchev–Trinajstić information content (AvgIpc) is 3.03. The van der Waals surface area contributed by atoms with Crippen molar-refractivity contribution in [3.8, 4) is 5.82 Å². The van der Waals surface area contributed by atoms with E-state index in [2.05, 4.69) is 15.4 Å². The van der Waals surface area contributed by atoms with Crippen LogP contribution in [0.4, 0.5) is 10.6 Å². The maximum Gasteiger partial charge on any atom is 0.323 e. The minimum atomic E-state index is -0.208. The molecule has 1 aliphatic heterocycles. The summed E-state index contributed by atoms with van der Waals surface area (Å²) in [6.07, 6.45) is 5.17. The highest BCUT2D eigenvalue weighted by Crippen LogP contribution is 2.19.